The van der Waals surface area contributed by atoms with Crippen LogP contribution >= 0.6 is 0 Å². The lowest BCUT2D eigenvalue weighted by Gasteiger charge is -2.20. The topological polar surface area (TPSA) is 9.23 Å². The number of ether oxygens (including phenoxy) is 1. The van der Waals surface area contributed by atoms with Crippen LogP contribution in [-0.2, 0) is 6.42 Å². The molecule has 1 heteroatoms. The number of aryl methyl sites for hydroxylation is 1. The lowest BCUT2D eigenvalue weighted by molar-refractivity contribution is 0.413. The second-order valence-corrected chi connectivity index (χ2v) is 5.56. The summed E-state index contributed by atoms with van der Waals surface area (Å²) in [6.07, 6.45) is 2.37. The predicted octanol–water partition coefficient (Wildman–Crippen LogP) is 5.07. The van der Waals surface area contributed by atoms with Crippen molar-refractivity contribution in [2.24, 2.45) is 5.92 Å². The van der Waals surface area contributed by atoms with Gasteiger partial charge in [0.05, 0.1) is 7.11 Å². The van der Waals surface area contributed by atoms with E-state index < -0.39 is 0 Å². The standard InChI is InChI=1S/C19H24O/c1-15(9-10-17-7-5-4-6-8-17)16(2)18-11-13-19(20-3)14-12-18/h4-8,11-16H,9-10H2,1-3H3. The Balaban J connectivity index is 1.92. The molecule has 0 bridgehead atoms. The van der Waals surface area contributed by atoms with E-state index in [1.54, 1.807) is 7.11 Å². The zero-order chi connectivity index (χ0) is 14.4. The molecule has 0 aliphatic rings. The van der Waals surface area contributed by atoms with Gasteiger partial charge in [-0.25, -0.2) is 0 Å². The first-order valence-corrected chi connectivity index (χ1v) is 7.38. The first-order chi connectivity index (χ1) is 9.70. The molecule has 0 saturated carbocycles. The third-order valence-corrected chi connectivity index (χ3v) is 4.23. The molecule has 0 fully saturated rings. The van der Waals surface area contributed by atoms with Crippen molar-refractivity contribution in [3.8, 4) is 5.75 Å². The van der Waals surface area contributed by atoms with E-state index in [4.69, 9.17) is 4.74 Å². The van der Waals surface area contributed by atoms with E-state index in [9.17, 15) is 0 Å². The van der Waals surface area contributed by atoms with E-state index in [-0.39, 0.29) is 0 Å². The van der Waals surface area contributed by atoms with Gasteiger partial charge >= 0.3 is 0 Å². The maximum absolute atomic E-state index is 5.21. The van der Waals surface area contributed by atoms with Gasteiger partial charge < -0.3 is 4.74 Å². The van der Waals surface area contributed by atoms with Crippen LogP contribution in [0.25, 0.3) is 0 Å². The largest absolute Gasteiger partial charge is 0.497 e. The Kier molecular flexibility index (Phi) is 5.23. The first-order valence-electron chi connectivity index (χ1n) is 7.38. The van der Waals surface area contributed by atoms with Gasteiger partial charge in [0, 0.05) is 0 Å². The SMILES string of the molecule is COc1ccc(C(C)C(C)CCc2ccccc2)cc1. The number of methoxy groups -OCH3 is 1. The van der Waals surface area contributed by atoms with E-state index in [2.05, 4.69) is 68.4 Å². The maximum atomic E-state index is 5.21. The fraction of sp³-hybridized carbons (Fsp3) is 0.368. The molecule has 0 heterocycles. The molecule has 2 atom stereocenters. The average molecular weight is 268 g/mol. The summed E-state index contributed by atoms with van der Waals surface area (Å²) >= 11 is 0. The summed E-state index contributed by atoms with van der Waals surface area (Å²) in [6.45, 7) is 4.66. The van der Waals surface area contributed by atoms with Crippen LogP contribution in [0.3, 0.4) is 0 Å². The Morgan fingerprint density at radius 1 is 0.900 bits per heavy atom. The molecule has 0 aliphatic heterocycles. The number of hydrogen-bond acceptors (Lipinski definition) is 1. The minimum absolute atomic E-state index is 0.574. The highest BCUT2D eigenvalue weighted by Gasteiger charge is 2.14. The van der Waals surface area contributed by atoms with Crippen LogP contribution in [0, 0.1) is 5.92 Å². The van der Waals surface area contributed by atoms with E-state index in [0.717, 1.165) is 12.2 Å². The Hall–Kier alpha value is -1.76. The fourth-order valence-corrected chi connectivity index (χ4v) is 2.53. The zero-order valence-electron chi connectivity index (χ0n) is 12.7. The lowest BCUT2D eigenvalue weighted by atomic mass is 9.85. The molecule has 0 aliphatic carbocycles. The highest BCUT2D eigenvalue weighted by Crippen LogP contribution is 2.28. The van der Waals surface area contributed by atoms with E-state index >= 15 is 0 Å². The Bertz CT molecular complexity index is 501. The Labute approximate surface area is 122 Å². The summed E-state index contributed by atoms with van der Waals surface area (Å²) in [5.41, 5.74) is 2.83. The third kappa shape index (κ3) is 3.86. The minimum Gasteiger partial charge on any atom is -0.497 e. The highest BCUT2D eigenvalue weighted by atomic mass is 16.5. The second-order valence-electron chi connectivity index (χ2n) is 5.56. The normalized spacial score (nSPS) is 13.8. The van der Waals surface area contributed by atoms with Gasteiger partial charge in [0.2, 0.25) is 0 Å². The summed E-state index contributed by atoms with van der Waals surface area (Å²) in [4.78, 5) is 0. The third-order valence-electron chi connectivity index (χ3n) is 4.23. The minimum atomic E-state index is 0.574. The number of hydrogen-bond donors (Lipinski definition) is 0. The molecule has 1 nitrogen and oxygen atoms in total. The Morgan fingerprint density at radius 2 is 1.55 bits per heavy atom. The maximum Gasteiger partial charge on any atom is 0.118 e. The molecular formula is C19H24O. The van der Waals surface area contributed by atoms with Gasteiger partial charge in [0.1, 0.15) is 5.75 Å². The second kappa shape index (κ2) is 7.14. The van der Waals surface area contributed by atoms with Gasteiger partial charge in [0.25, 0.3) is 0 Å². The molecule has 2 aromatic rings. The summed E-state index contributed by atoms with van der Waals surface area (Å²) in [7, 11) is 1.71. The molecular weight excluding hydrogens is 244 g/mol. The summed E-state index contributed by atoms with van der Waals surface area (Å²) in [6, 6.07) is 19.2. The van der Waals surface area contributed by atoms with Crippen molar-refractivity contribution in [1.82, 2.24) is 0 Å². The zero-order valence-corrected chi connectivity index (χ0v) is 12.7. The quantitative estimate of drug-likeness (QED) is 0.711. The number of benzene rings is 2. The molecule has 2 aromatic carbocycles. The van der Waals surface area contributed by atoms with Crippen molar-refractivity contribution >= 4 is 0 Å². The highest BCUT2D eigenvalue weighted by molar-refractivity contribution is 5.29. The summed E-state index contributed by atoms with van der Waals surface area (Å²) < 4.78 is 5.21. The molecule has 106 valence electrons. The van der Waals surface area contributed by atoms with Crippen LogP contribution in [0.5, 0.6) is 5.75 Å². The van der Waals surface area contributed by atoms with Crippen molar-refractivity contribution in [3.63, 3.8) is 0 Å². The van der Waals surface area contributed by atoms with E-state index in [0.29, 0.717) is 11.8 Å². The van der Waals surface area contributed by atoms with Crippen LogP contribution in [0.15, 0.2) is 54.6 Å². The summed E-state index contributed by atoms with van der Waals surface area (Å²) in [5.74, 6) is 2.17. The van der Waals surface area contributed by atoms with Crippen molar-refractivity contribution in [1.29, 1.82) is 0 Å². The van der Waals surface area contributed by atoms with Gasteiger partial charge in [-0.3, -0.25) is 0 Å². The molecule has 0 radical (unpaired) electrons. The molecule has 2 rings (SSSR count). The molecule has 0 spiro atoms. The average Bonchev–Trinajstić information content (AvgIpc) is 2.53. The van der Waals surface area contributed by atoms with Crippen LogP contribution < -0.4 is 4.74 Å². The predicted molar refractivity (Wildman–Crippen MR) is 85.3 cm³/mol. The van der Waals surface area contributed by atoms with Crippen molar-refractivity contribution in [2.75, 3.05) is 7.11 Å². The molecule has 20 heavy (non-hydrogen) atoms. The Morgan fingerprint density at radius 3 is 2.15 bits per heavy atom. The van der Waals surface area contributed by atoms with Gasteiger partial charge in [0.15, 0.2) is 0 Å². The van der Waals surface area contributed by atoms with Crippen LogP contribution in [0.2, 0.25) is 0 Å². The molecule has 0 aromatic heterocycles. The first kappa shape index (κ1) is 14.6. The van der Waals surface area contributed by atoms with Crippen molar-refractivity contribution < 1.29 is 4.74 Å². The van der Waals surface area contributed by atoms with Gasteiger partial charge in [-0.2, -0.15) is 0 Å². The monoisotopic (exact) mass is 268 g/mol. The van der Waals surface area contributed by atoms with Crippen molar-refractivity contribution in [3.05, 3.63) is 65.7 Å². The van der Waals surface area contributed by atoms with Gasteiger partial charge in [-0.1, -0.05) is 56.3 Å². The van der Waals surface area contributed by atoms with E-state index in [1.807, 2.05) is 0 Å². The lowest BCUT2D eigenvalue weighted by Crippen LogP contribution is -2.07. The fourth-order valence-electron chi connectivity index (χ4n) is 2.53. The van der Waals surface area contributed by atoms with E-state index in [1.165, 1.54) is 17.5 Å². The number of rotatable bonds is 6. The molecule has 0 saturated heterocycles. The summed E-state index contributed by atoms with van der Waals surface area (Å²) in [5, 5.41) is 0. The molecule has 2 unspecified atom stereocenters. The van der Waals surface area contributed by atoms with Crippen LogP contribution in [0.4, 0.5) is 0 Å². The molecule has 0 amide bonds. The van der Waals surface area contributed by atoms with Crippen LogP contribution in [-0.4, -0.2) is 7.11 Å². The van der Waals surface area contributed by atoms with Gasteiger partial charge in [-0.15, -0.1) is 0 Å². The smallest absolute Gasteiger partial charge is 0.118 e. The molecule has 0 N–H and O–H groups in total. The van der Waals surface area contributed by atoms with Crippen LogP contribution in [0.1, 0.15) is 37.3 Å². The van der Waals surface area contributed by atoms with Gasteiger partial charge in [-0.05, 0) is 47.9 Å². The van der Waals surface area contributed by atoms with Crippen molar-refractivity contribution in [2.45, 2.75) is 32.6 Å².